The van der Waals surface area contributed by atoms with Crippen LogP contribution in [0.5, 0.6) is 5.75 Å². The second-order valence-corrected chi connectivity index (χ2v) is 5.87. The van der Waals surface area contributed by atoms with Gasteiger partial charge in [0.15, 0.2) is 0 Å². The van der Waals surface area contributed by atoms with Crippen molar-refractivity contribution in [3.8, 4) is 5.75 Å². The number of carbonyl (C=O) groups is 1. The third kappa shape index (κ3) is 3.29. The molecule has 0 saturated heterocycles. The van der Waals surface area contributed by atoms with Gasteiger partial charge in [-0.2, -0.15) is 0 Å². The van der Waals surface area contributed by atoms with E-state index >= 15 is 0 Å². The summed E-state index contributed by atoms with van der Waals surface area (Å²) in [5, 5.41) is 1.58. The van der Waals surface area contributed by atoms with Gasteiger partial charge in [0.25, 0.3) is 0 Å². The Kier molecular flexibility index (Phi) is 4.38. The molecule has 2 heterocycles. The highest BCUT2D eigenvalue weighted by Crippen LogP contribution is 2.28. The first-order valence-electron chi connectivity index (χ1n) is 8.50. The average molecular weight is 364 g/mol. The molecule has 0 fully saturated rings. The lowest BCUT2D eigenvalue weighted by Gasteiger charge is -2.07. The summed E-state index contributed by atoms with van der Waals surface area (Å²) in [6.45, 7) is 2.09. The number of fused-ring (bicyclic) bond motifs is 2. The van der Waals surface area contributed by atoms with Gasteiger partial charge in [0.1, 0.15) is 23.5 Å². The van der Waals surface area contributed by atoms with E-state index in [0.717, 1.165) is 10.8 Å². The molecule has 0 amide bonds. The first kappa shape index (κ1) is 16.9. The molecule has 4 aromatic rings. The molecule has 0 spiro atoms. The molecular weight excluding hydrogens is 348 g/mol. The van der Waals surface area contributed by atoms with Crippen LogP contribution in [0.1, 0.15) is 23.0 Å². The van der Waals surface area contributed by atoms with Crippen molar-refractivity contribution in [2.75, 3.05) is 6.61 Å². The average Bonchev–Trinajstić information content (AvgIpc) is 3.05. The van der Waals surface area contributed by atoms with Crippen molar-refractivity contribution in [2.24, 2.45) is 0 Å². The highest BCUT2D eigenvalue weighted by molar-refractivity contribution is 5.96. The highest BCUT2D eigenvalue weighted by atomic mass is 16.5. The Morgan fingerprint density at radius 2 is 1.81 bits per heavy atom. The molecule has 0 N–H and O–H groups in total. The summed E-state index contributed by atoms with van der Waals surface area (Å²) in [5.74, 6) is 0.110. The molecule has 0 atom stereocenters. The van der Waals surface area contributed by atoms with Crippen LogP contribution in [0.4, 0.5) is 0 Å². The lowest BCUT2D eigenvalue weighted by Crippen LogP contribution is -2.08. The highest BCUT2D eigenvalue weighted by Gasteiger charge is 2.22. The van der Waals surface area contributed by atoms with E-state index in [1.54, 1.807) is 37.3 Å². The molecule has 0 unspecified atom stereocenters. The minimum Gasteiger partial charge on any atom is -0.489 e. The summed E-state index contributed by atoms with van der Waals surface area (Å²) in [6, 6.07) is 15.6. The largest absolute Gasteiger partial charge is 0.489 e. The van der Waals surface area contributed by atoms with Crippen molar-refractivity contribution in [2.45, 2.75) is 13.5 Å². The Balaban J connectivity index is 1.68. The fraction of sp³-hybridized carbons (Fsp3) is 0.143. The summed E-state index contributed by atoms with van der Waals surface area (Å²) in [5.41, 5.74) is 1.20. The van der Waals surface area contributed by atoms with E-state index < -0.39 is 11.6 Å². The van der Waals surface area contributed by atoms with E-state index in [2.05, 4.69) is 0 Å². The third-order valence-electron chi connectivity index (χ3n) is 4.14. The first-order chi connectivity index (χ1) is 13.2. The molecular formula is C21H16O6. The zero-order valence-corrected chi connectivity index (χ0v) is 14.6. The quantitative estimate of drug-likeness (QED) is 0.388. The van der Waals surface area contributed by atoms with Gasteiger partial charge in [-0.3, -0.25) is 0 Å². The summed E-state index contributed by atoms with van der Waals surface area (Å²) < 4.78 is 21.8. The molecule has 0 radical (unpaired) electrons. The Hall–Kier alpha value is -3.54. The van der Waals surface area contributed by atoms with E-state index in [-0.39, 0.29) is 19.0 Å². The molecule has 0 aliphatic rings. The number of rotatable bonds is 5. The maximum atomic E-state index is 12.2. The molecule has 136 valence electrons. The molecule has 0 aliphatic carbocycles. The number of hydrogen-bond donors (Lipinski definition) is 0. The zero-order valence-electron chi connectivity index (χ0n) is 14.6. The molecule has 0 aliphatic heterocycles. The van der Waals surface area contributed by atoms with Gasteiger partial charge in [-0.1, -0.05) is 18.2 Å². The van der Waals surface area contributed by atoms with Gasteiger partial charge in [-0.25, -0.2) is 9.59 Å². The van der Waals surface area contributed by atoms with Crippen molar-refractivity contribution in [3.63, 3.8) is 0 Å². The van der Waals surface area contributed by atoms with Gasteiger partial charge in [-0.15, -0.1) is 0 Å². The van der Waals surface area contributed by atoms with Crippen LogP contribution in [-0.4, -0.2) is 12.6 Å². The summed E-state index contributed by atoms with van der Waals surface area (Å²) >= 11 is 0. The van der Waals surface area contributed by atoms with Gasteiger partial charge in [0, 0.05) is 22.9 Å². The van der Waals surface area contributed by atoms with E-state index in [1.807, 2.05) is 18.2 Å². The molecule has 2 aromatic carbocycles. The standard InChI is InChI=1S/C21H16O6/c1-2-24-21(23)20-16(15-5-3-4-6-17(15)27-20)12-25-14-9-7-13-8-10-19(22)26-18(13)11-14/h3-11H,2,12H2,1H3. The van der Waals surface area contributed by atoms with Crippen LogP contribution >= 0.6 is 0 Å². The fourth-order valence-corrected chi connectivity index (χ4v) is 2.89. The molecule has 0 bridgehead atoms. The number of carbonyl (C=O) groups excluding carboxylic acids is 1. The Morgan fingerprint density at radius 3 is 2.67 bits per heavy atom. The predicted octanol–water partition coefficient (Wildman–Crippen LogP) is 4.29. The van der Waals surface area contributed by atoms with Gasteiger partial charge in [-0.05, 0) is 31.2 Å². The van der Waals surface area contributed by atoms with E-state index in [9.17, 15) is 9.59 Å². The number of ether oxygens (including phenoxy) is 2. The monoisotopic (exact) mass is 364 g/mol. The van der Waals surface area contributed by atoms with Crippen molar-refractivity contribution in [1.82, 2.24) is 0 Å². The minimum absolute atomic E-state index is 0.105. The van der Waals surface area contributed by atoms with E-state index in [1.165, 1.54) is 6.07 Å². The second-order valence-electron chi connectivity index (χ2n) is 5.87. The van der Waals surface area contributed by atoms with Crippen molar-refractivity contribution < 1.29 is 23.1 Å². The molecule has 2 aromatic heterocycles. The van der Waals surface area contributed by atoms with Crippen LogP contribution in [-0.2, 0) is 11.3 Å². The van der Waals surface area contributed by atoms with Gasteiger partial charge < -0.3 is 18.3 Å². The SMILES string of the molecule is CCOC(=O)c1oc2ccccc2c1COc1ccc2ccc(=O)oc2c1. The van der Waals surface area contributed by atoms with Gasteiger partial charge in [0.2, 0.25) is 5.76 Å². The summed E-state index contributed by atoms with van der Waals surface area (Å²) in [7, 11) is 0. The number of para-hydroxylation sites is 1. The van der Waals surface area contributed by atoms with Crippen LogP contribution in [0.2, 0.25) is 0 Å². The zero-order chi connectivity index (χ0) is 18.8. The van der Waals surface area contributed by atoms with Crippen molar-refractivity contribution >= 4 is 27.9 Å². The predicted molar refractivity (Wildman–Crippen MR) is 99.0 cm³/mol. The lowest BCUT2D eigenvalue weighted by molar-refractivity contribution is 0.0488. The van der Waals surface area contributed by atoms with Crippen LogP contribution < -0.4 is 10.4 Å². The number of esters is 1. The Morgan fingerprint density at radius 1 is 1.00 bits per heavy atom. The summed E-state index contributed by atoms with van der Waals surface area (Å²) in [6.07, 6.45) is 0. The lowest BCUT2D eigenvalue weighted by atomic mass is 10.1. The molecule has 4 rings (SSSR count). The van der Waals surface area contributed by atoms with Crippen LogP contribution in [0.25, 0.3) is 21.9 Å². The molecule has 6 heteroatoms. The Labute approximate surface area is 153 Å². The Bertz CT molecular complexity index is 1180. The van der Waals surface area contributed by atoms with E-state index in [4.69, 9.17) is 18.3 Å². The van der Waals surface area contributed by atoms with E-state index in [0.29, 0.717) is 22.5 Å². The first-order valence-corrected chi connectivity index (χ1v) is 8.50. The second kappa shape index (κ2) is 6.99. The number of furan rings is 1. The van der Waals surface area contributed by atoms with Crippen molar-refractivity contribution in [3.05, 3.63) is 76.3 Å². The molecule has 0 saturated carbocycles. The maximum absolute atomic E-state index is 12.2. The fourth-order valence-electron chi connectivity index (χ4n) is 2.89. The normalized spacial score (nSPS) is 11.0. The summed E-state index contributed by atoms with van der Waals surface area (Å²) in [4.78, 5) is 23.6. The third-order valence-corrected chi connectivity index (χ3v) is 4.14. The minimum atomic E-state index is -0.531. The molecule has 27 heavy (non-hydrogen) atoms. The van der Waals surface area contributed by atoms with Crippen LogP contribution in [0.3, 0.4) is 0 Å². The number of benzene rings is 2. The molecule has 6 nitrogen and oxygen atoms in total. The smallest absolute Gasteiger partial charge is 0.374 e. The van der Waals surface area contributed by atoms with Crippen LogP contribution in [0, 0.1) is 0 Å². The van der Waals surface area contributed by atoms with Crippen LogP contribution in [0.15, 0.2) is 68.2 Å². The van der Waals surface area contributed by atoms with Gasteiger partial charge >= 0.3 is 11.6 Å². The topological polar surface area (TPSA) is 78.9 Å². The van der Waals surface area contributed by atoms with Gasteiger partial charge in [0.05, 0.1) is 12.2 Å². The number of hydrogen-bond acceptors (Lipinski definition) is 6. The maximum Gasteiger partial charge on any atom is 0.374 e. The van der Waals surface area contributed by atoms with Crippen molar-refractivity contribution in [1.29, 1.82) is 0 Å².